The van der Waals surface area contributed by atoms with Crippen LogP contribution in [0, 0.1) is 18.6 Å². The fourth-order valence-corrected chi connectivity index (χ4v) is 5.01. The minimum Gasteiger partial charge on any atom is -0.388 e. The summed E-state index contributed by atoms with van der Waals surface area (Å²) < 4.78 is 38.9. The van der Waals surface area contributed by atoms with Gasteiger partial charge in [0.2, 0.25) is 0 Å². The van der Waals surface area contributed by atoms with Gasteiger partial charge in [0.05, 0.1) is 18.8 Å². The van der Waals surface area contributed by atoms with E-state index in [4.69, 9.17) is 9.47 Å². The molecule has 3 atom stereocenters. The molecule has 41 heavy (non-hydrogen) atoms. The number of aryl methyl sites for hydroxylation is 1. The van der Waals surface area contributed by atoms with Gasteiger partial charge in [-0.3, -0.25) is 9.59 Å². The molecule has 0 saturated carbocycles. The van der Waals surface area contributed by atoms with Gasteiger partial charge < -0.3 is 29.9 Å². The highest BCUT2D eigenvalue weighted by Crippen LogP contribution is 2.18. The molecule has 3 rings (SSSR count). The second kappa shape index (κ2) is 15.9. The van der Waals surface area contributed by atoms with E-state index in [9.17, 15) is 28.6 Å². The average Bonchev–Trinajstić information content (AvgIpc) is 2.94. The fraction of sp³-hybridized carbons (Fsp3) is 0.548. The van der Waals surface area contributed by atoms with E-state index >= 15 is 0 Å². The number of hydrogen-bond donors (Lipinski definition) is 3. The molecule has 2 aromatic rings. The van der Waals surface area contributed by atoms with Gasteiger partial charge in [-0.15, -0.1) is 0 Å². The van der Waals surface area contributed by atoms with Crippen molar-refractivity contribution in [2.24, 2.45) is 0 Å². The maximum Gasteiger partial charge on any atom is 0.253 e. The van der Waals surface area contributed by atoms with E-state index in [1.54, 1.807) is 24.0 Å². The van der Waals surface area contributed by atoms with Gasteiger partial charge in [0, 0.05) is 43.5 Å². The second-order valence-electron chi connectivity index (χ2n) is 10.6. The Morgan fingerprint density at radius 1 is 1.00 bits per heavy atom. The quantitative estimate of drug-likeness (QED) is 0.316. The molecule has 8 nitrogen and oxygen atoms in total. The highest BCUT2D eigenvalue weighted by atomic mass is 19.1. The monoisotopic (exact) mass is 576 g/mol. The predicted molar refractivity (Wildman–Crippen MR) is 151 cm³/mol. The van der Waals surface area contributed by atoms with E-state index in [0.29, 0.717) is 50.3 Å². The first-order valence-electron chi connectivity index (χ1n) is 14.3. The zero-order valence-corrected chi connectivity index (χ0v) is 24.1. The molecule has 2 amide bonds. The fourth-order valence-electron chi connectivity index (χ4n) is 5.01. The van der Waals surface area contributed by atoms with Crippen molar-refractivity contribution in [1.82, 2.24) is 10.2 Å². The summed E-state index contributed by atoms with van der Waals surface area (Å²) in [6.07, 6.45) is -0.263. The Morgan fingerprint density at radius 2 is 1.61 bits per heavy atom. The van der Waals surface area contributed by atoms with E-state index in [-0.39, 0.29) is 36.2 Å². The van der Waals surface area contributed by atoms with Crippen LogP contribution >= 0.6 is 0 Å². The maximum absolute atomic E-state index is 13.9. The third kappa shape index (κ3) is 9.85. The van der Waals surface area contributed by atoms with E-state index < -0.39 is 35.8 Å². The highest BCUT2D eigenvalue weighted by molar-refractivity contribution is 6.00. The lowest BCUT2D eigenvalue weighted by Gasteiger charge is -2.30. The van der Waals surface area contributed by atoms with Gasteiger partial charge in [-0.2, -0.15) is 0 Å². The Balaban J connectivity index is 1.82. The summed E-state index contributed by atoms with van der Waals surface area (Å²) in [7, 11) is 0. The summed E-state index contributed by atoms with van der Waals surface area (Å²) in [5.41, 5.74) is 1.45. The molecule has 0 radical (unpaired) electrons. The van der Waals surface area contributed by atoms with Crippen LogP contribution in [0.1, 0.15) is 71.4 Å². The topological polar surface area (TPSA) is 108 Å². The summed E-state index contributed by atoms with van der Waals surface area (Å²) in [6.45, 7) is 7.84. The number of aliphatic hydroxyl groups is 2. The number of carbonyl (C=O) groups is 2. The minimum atomic E-state index is -1.51. The molecule has 1 aliphatic rings. The Bertz CT molecular complexity index is 1130. The van der Waals surface area contributed by atoms with Crippen LogP contribution in [0.15, 0.2) is 36.4 Å². The number of rotatable bonds is 14. The molecule has 0 aromatic heterocycles. The van der Waals surface area contributed by atoms with Gasteiger partial charge in [0.1, 0.15) is 23.8 Å². The summed E-state index contributed by atoms with van der Waals surface area (Å²) in [5, 5.41) is 24.5. The predicted octanol–water partition coefficient (Wildman–Crippen LogP) is 3.79. The Hall–Kier alpha value is -2.92. The molecule has 3 N–H and O–H groups in total. The standard InChI is InChI=1S/C31H42F2N2O6/c1-4-8-35(9-5-2)31(39)23-13-20(3)12-22(17-23)30(38)34-27(16-21-14-24(32)18-25(33)15-21)29(37)28(36)19-41-26-6-10-40-11-7-26/h12-15,17-18,26-29,36-37H,4-11,16,19H2,1-3H3,(H,34,38)/t27-,28?,29+/m0/s1. The SMILES string of the molecule is CCCN(CCC)C(=O)c1cc(C)cc(C(=O)N[C@@H](Cc2cc(F)cc(F)c2)[C@@H](O)C(O)COC2CCOCC2)c1. The Morgan fingerprint density at radius 3 is 2.22 bits per heavy atom. The Labute approximate surface area is 240 Å². The first-order valence-corrected chi connectivity index (χ1v) is 14.3. The number of halogens is 2. The number of nitrogens with zero attached hydrogens (tertiary/aromatic N) is 1. The lowest BCUT2D eigenvalue weighted by Crippen LogP contribution is -2.51. The number of hydrogen-bond acceptors (Lipinski definition) is 6. The van der Waals surface area contributed by atoms with Crippen molar-refractivity contribution >= 4 is 11.8 Å². The van der Waals surface area contributed by atoms with Crippen molar-refractivity contribution in [2.45, 2.75) is 77.2 Å². The van der Waals surface area contributed by atoms with Gasteiger partial charge in [-0.25, -0.2) is 8.78 Å². The lowest BCUT2D eigenvalue weighted by atomic mass is 9.96. The van der Waals surface area contributed by atoms with Crippen LogP contribution in [0.3, 0.4) is 0 Å². The van der Waals surface area contributed by atoms with Crippen molar-refractivity contribution in [3.05, 3.63) is 70.3 Å². The molecule has 0 spiro atoms. The number of ether oxygens (including phenoxy) is 2. The van der Waals surface area contributed by atoms with Crippen molar-refractivity contribution in [2.75, 3.05) is 32.9 Å². The molecule has 1 fully saturated rings. The van der Waals surface area contributed by atoms with Crippen molar-refractivity contribution < 1.29 is 38.1 Å². The number of benzene rings is 2. The van der Waals surface area contributed by atoms with Crippen LogP contribution in [0.25, 0.3) is 0 Å². The van der Waals surface area contributed by atoms with Crippen molar-refractivity contribution in [1.29, 1.82) is 0 Å². The zero-order valence-electron chi connectivity index (χ0n) is 24.1. The smallest absolute Gasteiger partial charge is 0.253 e. The van der Waals surface area contributed by atoms with Crippen LogP contribution in [0.5, 0.6) is 0 Å². The number of carbonyl (C=O) groups excluding carboxylic acids is 2. The normalized spacial score (nSPS) is 16.2. The van der Waals surface area contributed by atoms with E-state index in [1.807, 2.05) is 13.8 Å². The van der Waals surface area contributed by atoms with Gasteiger partial charge in [0.15, 0.2) is 0 Å². The maximum atomic E-state index is 13.9. The lowest BCUT2D eigenvalue weighted by molar-refractivity contribution is -0.0920. The summed E-state index contributed by atoms with van der Waals surface area (Å²) in [5.74, 6) is -2.38. The highest BCUT2D eigenvalue weighted by Gasteiger charge is 2.30. The number of nitrogens with one attached hydrogen (secondary N) is 1. The number of amides is 2. The zero-order chi connectivity index (χ0) is 29.9. The molecule has 1 unspecified atom stereocenters. The minimum absolute atomic E-state index is 0.126. The van der Waals surface area contributed by atoms with E-state index in [2.05, 4.69) is 5.32 Å². The first kappa shape index (κ1) is 32.6. The molecule has 10 heteroatoms. The summed E-state index contributed by atoms with van der Waals surface area (Å²) >= 11 is 0. The molecule has 0 bridgehead atoms. The largest absolute Gasteiger partial charge is 0.388 e. The van der Waals surface area contributed by atoms with E-state index in [1.165, 1.54) is 6.07 Å². The molecular formula is C31H42F2N2O6. The van der Waals surface area contributed by atoms with Crippen molar-refractivity contribution in [3.8, 4) is 0 Å². The van der Waals surface area contributed by atoms with Gasteiger partial charge in [-0.1, -0.05) is 13.8 Å². The molecule has 0 aliphatic carbocycles. The van der Waals surface area contributed by atoms with Crippen LogP contribution < -0.4 is 5.32 Å². The first-order chi connectivity index (χ1) is 19.6. The molecule has 1 heterocycles. The van der Waals surface area contributed by atoms with E-state index in [0.717, 1.165) is 31.0 Å². The van der Waals surface area contributed by atoms with Gasteiger partial charge >= 0.3 is 0 Å². The molecule has 2 aromatic carbocycles. The van der Waals surface area contributed by atoms with Gasteiger partial charge in [0.25, 0.3) is 11.8 Å². The summed E-state index contributed by atoms with van der Waals surface area (Å²) in [6, 6.07) is 6.67. The van der Waals surface area contributed by atoms with Crippen LogP contribution in [0.4, 0.5) is 8.78 Å². The van der Waals surface area contributed by atoms with Crippen molar-refractivity contribution in [3.63, 3.8) is 0 Å². The van der Waals surface area contributed by atoms with Crippen LogP contribution in [-0.4, -0.2) is 84.2 Å². The van der Waals surface area contributed by atoms with Crippen LogP contribution in [-0.2, 0) is 15.9 Å². The molecule has 1 aliphatic heterocycles. The third-order valence-electron chi connectivity index (χ3n) is 7.03. The average molecular weight is 577 g/mol. The van der Waals surface area contributed by atoms with Crippen LogP contribution in [0.2, 0.25) is 0 Å². The molecule has 226 valence electrons. The molecule has 1 saturated heterocycles. The summed E-state index contributed by atoms with van der Waals surface area (Å²) in [4.78, 5) is 28.4. The second-order valence-corrected chi connectivity index (χ2v) is 10.6. The molecular weight excluding hydrogens is 534 g/mol. The third-order valence-corrected chi connectivity index (χ3v) is 7.03. The van der Waals surface area contributed by atoms with Gasteiger partial charge in [-0.05, 0) is 80.5 Å². The number of aliphatic hydroxyl groups excluding tert-OH is 2. The Kier molecular flexibility index (Phi) is 12.6.